The molecule has 134 valence electrons. The maximum atomic E-state index is 9.11. The number of hydrogen-bond acceptors (Lipinski definition) is 4. The van der Waals surface area contributed by atoms with E-state index >= 15 is 0 Å². The molecule has 6 heteroatoms. The number of fused-ring (bicyclic) bond motifs is 2. The van der Waals surface area contributed by atoms with Crippen molar-refractivity contribution in [1.29, 1.82) is 5.26 Å². The lowest BCUT2D eigenvalue weighted by molar-refractivity contribution is 0.462. The molecule has 3 aromatic heterocycles. The third-order valence-electron chi connectivity index (χ3n) is 5.42. The number of H-pyrrole nitrogens is 2. The van der Waals surface area contributed by atoms with E-state index in [4.69, 9.17) is 5.26 Å². The molecule has 6 nitrogen and oxygen atoms in total. The number of rotatable bonds is 3. The van der Waals surface area contributed by atoms with Gasteiger partial charge in [0.15, 0.2) is 0 Å². The molecule has 0 atom stereocenters. The molecule has 1 fully saturated rings. The Bertz CT molecular complexity index is 1160. The number of hydrogen-bond donors (Lipinski definition) is 4. The zero-order valence-corrected chi connectivity index (χ0v) is 14.8. The number of nitriles is 1. The standard InChI is InChI=1S/C21H20N6/c22-10-14-11-25-21-16(14)3-4-20(27-21)26-15-1-2-17-18(12-24-19(17)9-15)13-5-7-23-8-6-13/h1-4,9,11-13,23-24H,5-8H2,(H2,25,26,27). The van der Waals surface area contributed by atoms with Gasteiger partial charge >= 0.3 is 0 Å². The molecule has 5 rings (SSSR count). The molecule has 0 radical (unpaired) electrons. The summed E-state index contributed by atoms with van der Waals surface area (Å²) in [5.74, 6) is 1.38. The van der Waals surface area contributed by atoms with Crippen LogP contribution in [-0.4, -0.2) is 28.0 Å². The summed E-state index contributed by atoms with van der Waals surface area (Å²) >= 11 is 0. The number of benzene rings is 1. The summed E-state index contributed by atoms with van der Waals surface area (Å²) in [5.41, 5.74) is 4.88. The Labute approximate surface area is 156 Å². The Morgan fingerprint density at radius 2 is 1.89 bits per heavy atom. The molecule has 0 spiro atoms. The summed E-state index contributed by atoms with van der Waals surface area (Å²) in [6.45, 7) is 2.19. The summed E-state index contributed by atoms with van der Waals surface area (Å²) < 4.78 is 0. The van der Waals surface area contributed by atoms with Gasteiger partial charge in [-0.05, 0) is 61.7 Å². The highest BCUT2D eigenvalue weighted by Gasteiger charge is 2.18. The largest absolute Gasteiger partial charge is 0.361 e. The van der Waals surface area contributed by atoms with Crippen molar-refractivity contribution in [2.24, 2.45) is 0 Å². The van der Waals surface area contributed by atoms with Crippen LogP contribution in [0.1, 0.15) is 29.9 Å². The average molecular weight is 356 g/mol. The van der Waals surface area contributed by atoms with Gasteiger partial charge in [0.25, 0.3) is 0 Å². The van der Waals surface area contributed by atoms with E-state index in [2.05, 4.69) is 56.1 Å². The zero-order chi connectivity index (χ0) is 18.2. The first-order valence-corrected chi connectivity index (χ1v) is 9.29. The van der Waals surface area contributed by atoms with Crippen molar-refractivity contribution in [2.75, 3.05) is 18.4 Å². The highest BCUT2D eigenvalue weighted by Crippen LogP contribution is 2.33. The van der Waals surface area contributed by atoms with Crippen molar-refractivity contribution in [3.8, 4) is 6.07 Å². The molecule has 0 saturated carbocycles. The smallest absolute Gasteiger partial charge is 0.141 e. The van der Waals surface area contributed by atoms with Crippen LogP contribution >= 0.6 is 0 Å². The molecule has 1 aliphatic heterocycles. The second-order valence-electron chi connectivity index (χ2n) is 7.06. The van der Waals surface area contributed by atoms with Crippen LogP contribution in [0, 0.1) is 11.3 Å². The van der Waals surface area contributed by atoms with E-state index in [0.29, 0.717) is 17.1 Å². The first-order chi connectivity index (χ1) is 13.3. The molecular weight excluding hydrogens is 336 g/mol. The van der Waals surface area contributed by atoms with Gasteiger partial charge in [-0.3, -0.25) is 0 Å². The predicted octanol–water partition coefficient (Wildman–Crippen LogP) is 4.13. The van der Waals surface area contributed by atoms with Crippen molar-refractivity contribution < 1.29 is 0 Å². The lowest BCUT2D eigenvalue weighted by atomic mass is 9.90. The van der Waals surface area contributed by atoms with Crippen LogP contribution in [0.2, 0.25) is 0 Å². The fourth-order valence-corrected chi connectivity index (χ4v) is 4.01. The molecule has 4 aromatic rings. The zero-order valence-electron chi connectivity index (χ0n) is 14.8. The van der Waals surface area contributed by atoms with E-state index in [9.17, 15) is 0 Å². The molecule has 1 aromatic carbocycles. The quantitative estimate of drug-likeness (QED) is 0.444. The minimum Gasteiger partial charge on any atom is -0.361 e. The maximum Gasteiger partial charge on any atom is 0.141 e. The summed E-state index contributed by atoms with van der Waals surface area (Å²) in [4.78, 5) is 11.0. The van der Waals surface area contributed by atoms with Gasteiger partial charge in [-0.1, -0.05) is 6.07 Å². The number of anilines is 2. The molecule has 27 heavy (non-hydrogen) atoms. The molecule has 0 amide bonds. The van der Waals surface area contributed by atoms with Crippen molar-refractivity contribution in [2.45, 2.75) is 18.8 Å². The van der Waals surface area contributed by atoms with Gasteiger partial charge in [-0.15, -0.1) is 0 Å². The second kappa shape index (κ2) is 6.45. The van der Waals surface area contributed by atoms with E-state index in [1.807, 2.05) is 12.1 Å². The third kappa shape index (κ3) is 2.82. The second-order valence-corrected chi connectivity index (χ2v) is 7.06. The molecule has 1 aliphatic rings. The average Bonchev–Trinajstić information content (AvgIpc) is 3.31. The van der Waals surface area contributed by atoms with Crippen LogP contribution in [0.25, 0.3) is 21.9 Å². The molecule has 4 heterocycles. The number of nitrogens with zero attached hydrogens (tertiary/aromatic N) is 2. The lowest BCUT2D eigenvalue weighted by Gasteiger charge is -2.22. The van der Waals surface area contributed by atoms with Gasteiger partial charge in [-0.25, -0.2) is 4.98 Å². The Morgan fingerprint density at radius 3 is 2.74 bits per heavy atom. The van der Waals surface area contributed by atoms with E-state index < -0.39 is 0 Å². The van der Waals surface area contributed by atoms with Crippen molar-refractivity contribution in [1.82, 2.24) is 20.3 Å². The van der Waals surface area contributed by atoms with Gasteiger partial charge in [0.05, 0.1) is 5.56 Å². The van der Waals surface area contributed by atoms with Crippen molar-refractivity contribution in [3.05, 3.63) is 53.9 Å². The number of piperidine rings is 1. The van der Waals surface area contributed by atoms with Crippen LogP contribution in [0.4, 0.5) is 11.5 Å². The van der Waals surface area contributed by atoms with Crippen LogP contribution in [-0.2, 0) is 0 Å². The number of aromatic amines is 2. The van der Waals surface area contributed by atoms with Crippen LogP contribution in [0.3, 0.4) is 0 Å². The van der Waals surface area contributed by atoms with Gasteiger partial charge in [0, 0.05) is 34.4 Å². The lowest BCUT2D eigenvalue weighted by Crippen LogP contribution is -2.26. The van der Waals surface area contributed by atoms with Crippen molar-refractivity contribution in [3.63, 3.8) is 0 Å². The molecule has 4 N–H and O–H groups in total. The van der Waals surface area contributed by atoms with Gasteiger partial charge in [0.1, 0.15) is 17.5 Å². The van der Waals surface area contributed by atoms with Gasteiger partial charge in [-0.2, -0.15) is 5.26 Å². The summed E-state index contributed by atoms with van der Waals surface area (Å²) in [7, 11) is 0. The Kier molecular flexibility index (Phi) is 3.80. The Balaban J connectivity index is 1.43. The topological polar surface area (TPSA) is 92.3 Å². The van der Waals surface area contributed by atoms with Crippen LogP contribution in [0.5, 0.6) is 0 Å². The summed E-state index contributed by atoms with van der Waals surface area (Å²) in [6.07, 6.45) is 6.24. The normalized spacial score (nSPS) is 15.2. The van der Waals surface area contributed by atoms with E-state index in [-0.39, 0.29) is 0 Å². The molecule has 0 bridgehead atoms. The third-order valence-corrected chi connectivity index (χ3v) is 5.42. The highest BCUT2D eigenvalue weighted by molar-refractivity contribution is 5.88. The molecule has 1 saturated heterocycles. The first kappa shape index (κ1) is 15.9. The van der Waals surface area contributed by atoms with Crippen molar-refractivity contribution >= 4 is 33.4 Å². The summed E-state index contributed by atoms with van der Waals surface area (Å²) in [5, 5.41) is 18.0. The number of aromatic nitrogens is 3. The van der Waals surface area contributed by atoms with Crippen LogP contribution < -0.4 is 10.6 Å². The fourth-order valence-electron chi connectivity index (χ4n) is 4.01. The fraction of sp³-hybridized carbons (Fsp3) is 0.238. The summed E-state index contributed by atoms with van der Waals surface area (Å²) in [6, 6.07) is 12.4. The van der Waals surface area contributed by atoms with E-state index in [1.54, 1.807) is 6.20 Å². The SMILES string of the molecule is N#Cc1c[nH]c2nc(Nc3ccc4c(C5CCNCC5)c[nH]c4c3)ccc12. The first-order valence-electron chi connectivity index (χ1n) is 9.29. The molecule has 0 unspecified atom stereocenters. The molecular formula is C21H20N6. The highest BCUT2D eigenvalue weighted by atomic mass is 15.0. The van der Waals surface area contributed by atoms with Crippen LogP contribution in [0.15, 0.2) is 42.7 Å². The molecule has 0 aliphatic carbocycles. The monoisotopic (exact) mass is 356 g/mol. The van der Waals surface area contributed by atoms with E-state index in [1.165, 1.54) is 23.8 Å². The minimum atomic E-state index is 0.613. The van der Waals surface area contributed by atoms with Gasteiger partial charge in [0.2, 0.25) is 0 Å². The minimum absolute atomic E-state index is 0.613. The van der Waals surface area contributed by atoms with E-state index in [0.717, 1.165) is 35.5 Å². The Morgan fingerprint density at radius 1 is 1.04 bits per heavy atom. The predicted molar refractivity (Wildman–Crippen MR) is 107 cm³/mol. The van der Waals surface area contributed by atoms with Gasteiger partial charge < -0.3 is 20.6 Å². The number of pyridine rings is 1. The number of nitrogens with one attached hydrogen (secondary N) is 4. The maximum absolute atomic E-state index is 9.11. The Hall–Kier alpha value is -3.30.